The Morgan fingerprint density at radius 3 is 2.75 bits per heavy atom. The molecule has 0 bridgehead atoms. The van der Waals surface area contributed by atoms with Gasteiger partial charge in [0.25, 0.3) is 0 Å². The molecule has 0 spiro atoms. The second-order valence-electron chi connectivity index (χ2n) is 4.10. The molecule has 0 aromatic carbocycles. The van der Waals surface area contributed by atoms with E-state index in [1.54, 1.807) is 19.2 Å². The number of furan rings is 1. The van der Waals surface area contributed by atoms with Gasteiger partial charge in [-0.2, -0.15) is 0 Å². The minimum absolute atomic E-state index is 0.0769. The standard InChI is InChI=1S/C13H13N3O4/c1-16(8-10-3-2-6-20-10)13(19)15-9-4-5-11(12(17)18)14-7-9/h2-7H,8H2,1H3,(H,15,19)(H,17,18). The van der Waals surface area contributed by atoms with Crippen LogP contribution in [0.1, 0.15) is 16.2 Å². The van der Waals surface area contributed by atoms with Gasteiger partial charge in [0.05, 0.1) is 24.7 Å². The minimum Gasteiger partial charge on any atom is -0.477 e. The Hall–Kier alpha value is -2.83. The van der Waals surface area contributed by atoms with Crippen molar-refractivity contribution < 1.29 is 19.1 Å². The molecule has 0 aliphatic carbocycles. The van der Waals surface area contributed by atoms with E-state index >= 15 is 0 Å². The van der Waals surface area contributed by atoms with Gasteiger partial charge < -0.3 is 19.7 Å². The highest BCUT2D eigenvalue weighted by Crippen LogP contribution is 2.09. The van der Waals surface area contributed by atoms with Crippen LogP contribution in [-0.4, -0.2) is 34.0 Å². The first-order valence-corrected chi connectivity index (χ1v) is 5.80. The summed E-state index contributed by atoms with van der Waals surface area (Å²) in [6.45, 7) is 0.333. The molecule has 0 aliphatic rings. The summed E-state index contributed by atoms with van der Waals surface area (Å²) in [5.41, 5.74) is 0.346. The van der Waals surface area contributed by atoms with Crippen molar-refractivity contribution in [3.63, 3.8) is 0 Å². The SMILES string of the molecule is CN(Cc1ccco1)C(=O)Nc1ccc(C(=O)O)nc1. The third-order valence-electron chi connectivity index (χ3n) is 2.55. The van der Waals surface area contributed by atoms with Gasteiger partial charge in [0.2, 0.25) is 0 Å². The third kappa shape index (κ3) is 3.35. The van der Waals surface area contributed by atoms with Gasteiger partial charge in [0.1, 0.15) is 11.5 Å². The number of aromatic nitrogens is 1. The van der Waals surface area contributed by atoms with Crippen molar-refractivity contribution >= 4 is 17.7 Å². The van der Waals surface area contributed by atoms with Crippen molar-refractivity contribution in [2.75, 3.05) is 12.4 Å². The maximum Gasteiger partial charge on any atom is 0.354 e. The number of carbonyl (C=O) groups excluding carboxylic acids is 1. The molecule has 0 radical (unpaired) electrons. The molecule has 104 valence electrons. The van der Waals surface area contributed by atoms with E-state index in [1.807, 2.05) is 0 Å². The summed E-state index contributed by atoms with van der Waals surface area (Å²) in [4.78, 5) is 27.7. The monoisotopic (exact) mass is 275 g/mol. The van der Waals surface area contributed by atoms with Crippen molar-refractivity contribution in [1.82, 2.24) is 9.88 Å². The molecule has 0 fully saturated rings. The van der Waals surface area contributed by atoms with Crippen LogP contribution in [0, 0.1) is 0 Å². The highest BCUT2D eigenvalue weighted by atomic mass is 16.4. The summed E-state index contributed by atoms with van der Waals surface area (Å²) in [6.07, 6.45) is 2.83. The highest BCUT2D eigenvalue weighted by molar-refractivity contribution is 5.90. The Labute approximate surface area is 114 Å². The van der Waals surface area contributed by atoms with Crippen molar-refractivity contribution in [3.8, 4) is 0 Å². The van der Waals surface area contributed by atoms with Crippen LogP contribution >= 0.6 is 0 Å². The van der Waals surface area contributed by atoms with E-state index < -0.39 is 5.97 Å². The zero-order valence-electron chi connectivity index (χ0n) is 10.7. The van der Waals surface area contributed by atoms with Crippen molar-refractivity contribution in [2.24, 2.45) is 0 Å². The van der Waals surface area contributed by atoms with Crippen LogP contribution in [0.4, 0.5) is 10.5 Å². The summed E-state index contributed by atoms with van der Waals surface area (Å²) < 4.78 is 5.15. The summed E-state index contributed by atoms with van der Waals surface area (Å²) in [7, 11) is 1.62. The number of hydrogen-bond donors (Lipinski definition) is 2. The number of carboxylic acids is 1. The quantitative estimate of drug-likeness (QED) is 0.890. The fraction of sp³-hybridized carbons (Fsp3) is 0.154. The molecule has 2 aromatic heterocycles. The number of rotatable bonds is 4. The van der Waals surface area contributed by atoms with Crippen LogP contribution in [0.25, 0.3) is 0 Å². The average Bonchev–Trinajstić information content (AvgIpc) is 2.92. The fourth-order valence-corrected chi connectivity index (χ4v) is 1.52. The molecule has 7 nitrogen and oxygen atoms in total. The number of amides is 2. The minimum atomic E-state index is -1.11. The number of anilines is 1. The third-order valence-corrected chi connectivity index (χ3v) is 2.55. The topological polar surface area (TPSA) is 95.7 Å². The van der Waals surface area contributed by atoms with Crippen LogP contribution in [0.3, 0.4) is 0 Å². The van der Waals surface area contributed by atoms with Crippen LogP contribution in [0.5, 0.6) is 0 Å². The molecule has 2 amide bonds. The maximum absolute atomic E-state index is 11.9. The van der Waals surface area contributed by atoms with Crippen LogP contribution in [0.2, 0.25) is 0 Å². The number of aromatic carboxylic acids is 1. The smallest absolute Gasteiger partial charge is 0.354 e. The number of carbonyl (C=O) groups is 2. The molecule has 2 rings (SSSR count). The lowest BCUT2D eigenvalue weighted by molar-refractivity contribution is 0.0690. The molecular weight excluding hydrogens is 262 g/mol. The van der Waals surface area contributed by atoms with Crippen LogP contribution in [-0.2, 0) is 6.54 Å². The van der Waals surface area contributed by atoms with E-state index in [2.05, 4.69) is 10.3 Å². The lowest BCUT2D eigenvalue weighted by Gasteiger charge is -2.16. The zero-order chi connectivity index (χ0) is 14.5. The second kappa shape index (κ2) is 5.87. The highest BCUT2D eigenvalue weighted by Gasteiger charge is 2.11. The van der Waals surface area contributed by atoms with E-state index in [0.29, 0.717) is 18.0 Å². The first kappa shape index (κ1) is 13.6. The number of nitrogens with one attached hydrogen (secondary N) is 1. The lowest BCUT2D eigenvalue weighted by atomic mass is 10.3. The normalized spacial score (nSPS) is 10.1. The Bertz CT molecular complexity index is 593. The van der Waals surface area contributed by atoms with E-state index in [0.717, 1.165) is 0 Å². The van der Waals surface area contributed by atoms with Crippen molar-refractivity contribution in [2.45, 2.75) is 6.54 Å². The Balaban J connectivity index is 1.95. The lowest BCUT2D eigenvalue weighted by Crippen LogP contribution is -2.30. The molecule has 7 heteroatoms. The average molecular weight is 275 g/mol. The fourth-order valence-electron chi connectivity index (χ4n) is 1.52. The molecule has 0 atom stereocenters. The van der Waals surface area contributed by atoms with Gasteiger partial charge in [-0.3, -0.25) is 0 Å². The van der Waals surface area contributed by atoms with Crippen LogP contribution < -0.4 is 5.32 Å². The molecular formula is C13H13N3O4. The number of hydrogen-bond acceptors (Lipinski definition) is 4. The molecule has 2 N–H and O–H groups in total. The Morgan fingerprint density at radius 1 is 1.40 bits per heavy atom. The molecule has 0 unspecified atom stereocenters. The largest absolute Gasteiger partial charge is 0.477 e. The second-order valence-corrected chi connectivity index (χ2v) is 4.10. The Kier molecular flexibility index (Phi) is 3.99. The number of pyridine rings is 1. The number of nitrogens with zero attached hydrogens (tertiary/aromatic N) is 2. The molecule has 2 heterocycles. The summed E-state index contributed by atoms with van der Waals surface area (Å²) in [5, 5.41) is 11.3. The van der Waals surface area contributed by atoms with Crippen LogP contribution in [0.15, 0.2) is 41.1 Å². The van der Waals surface area contributed by atoms with Gasteiger partial charge in [-0.1, -0.05) is 0 Å². The molecule has 0 aliphatic heterocycles. The van der Waals surface area contributed by atoms with Gasteiger partial charge in [-0.15, -0.1) is 0 Å². The first-order valence-electron chi connectivity index (χ1n) is 5.80. The predicted molar refractivity (Wildman–Crippen MR) is 70.4 cm³/mol. The van der Waals surface area contributed by atoms with Crippen molar-refractivity contribution in [3.05, 3.63) is 48.2 Å². The van der Waals surface area contributed by atoms with Gasteiger partial charge in [0, 0.05) is 7.05 Å². The van der Waals surface area contributed by atoms with Gasteiger partial charge >= 0.3 is 12.0 Å². The summed E-state index contributed by atoms with van der Waals surface area (Å²) in [6, 6.07) is 5.98. The molecule has 20 heavy (non-hydrogen) atoms. The molecule has 0 saturated carbocycles. The zero-order valence-corrected chi connectivity index (χ0v) is 10.7. The summed E-state index contributed by atoms with van der Waals surface area (Å²) >= 11 is 0. The van der Waals surface area contributed by atoms with Crippen molar-refractivity contribution in [1.29, 1.82) is 0 Å². The van der Waals surface area contributed by atoms with E-state index in [-0.39, 0.29) is 11.7 Å². The van der Waals surface area contributed by atoms with E-state index in [9.17, 15) is 9.59 Å². The first-order chi connectivity index (χ1) is 9.56. The Morgan fingerprint density at radius 2 is 2.20 bits per heavy atom. The summed E-state index contributed by atoms with van der Waals surface area (Å²) in [5.74, 6) is -0.445. The molecule has 0 saturated heterocycles. The maximum atomic E-state index is 11.9. The number of urea groups is 1. The van der Waals surface area contributed by atoms with Gasteiger partial charge in [-0.25, -0.2) is 14.6 Å². The van der Waals surface area contributed by atoms with E-state index in [1.165, 1.54) is 29.5 Å². The van der Waals surface area contributed by atoms with Gasteiger partial charge in [-0.05, 0) is 24.3 Å². The predicted octanol–water partition coefficient (Wildman–Crippen LogP) is 2.04. The molecule has 2 aromatic rings. The van der Waals surface area contributed by atoms with Gasteiger partial charge in [0.15, 0.2) is 0 Å². The van der Waals surface area contributed by atoms with E-state index in [4.69, 9.17) is 9.52 Å². The number of carboxylic acid groups (broad SMARTS) is 1.